The molecule has 3 N–H and O–H groups in total. The molecule has 7 heteroatoms. The summed E-state index contributed by atoms with van der Waals surface area (Å²) in [6.45, 7) is 1.96. The molecule has 3 aromatic rings. The van der Waals surface area contributed by atoms with Crippen LogP contribution in [0.25, 0.3) is 5.69 Å². The first-order chi connectivity index (χ1) is 12.1. The number of hydrogen-bond donors (Lipinski definition) is 3. The fourth-order valence-corrected chi connectivity index (χ4v) is 2.46. The number of benzene rings is 1. The number of nitrogens with one attached hydrogen (secondary N) is 2. The Bertz CT molecular complexity index is 811. The first-order valence-electron chi connectivity index (χ1n) is 7.92. The van der Waals surface area contributed by atoms with Gasteiger partial charge in [0.15, 0.2) is 0 Å². The van der Waals surface area contributed by atoms with Gasteiger partial charge in [-0.15, -0.1) is 0 Å². The molecule has 3 rings (SSSR count). The maximum Gasteiger partial charge on any atom is 0.315 e. The maximum absolute atomic E-state index is 12.0. The molecule has 7 nitrogen and oxygen atoms in total. The van der Waals surface area contributed by atoms with E-state index in [1.807, 2.05) is 36.5 Å². The highest BCUT2D eigenvalue weighted by Gasteiger charge is 2.26. The van der Waals surface area contributed by atoms with Crippen molar-refractivity contribution in [1.82, 2.24) is 20.4 Å². The Hall–Kier alpha value is -3.06. The molecule has 25 heavy (non-hydrogen) atoms. The topological polar surface area (TPSA) is 92.3 Å². The van der Waals surface area contributed by atoms with E-state index >= 15 is 0 Å². The predicted molar refractivity (Wildman–Crippen MR) is 92.1 cm³/mol. The van der Waals surface area contributed by atoms with Crippen LogP contribution >= 0.6 is 0 Å². The summed E-state index contributed by atoms with van der Waals surface area (Å²) in [4.78, 5) is 12.0. The van der Waals surface area contributed by atoms with Crippen molar-refractivity contribution >= 4 is 6.03 Å². The normalized spacial score (nSPS) is 13.2. The summed E-state index contributed by atoms with van der Waals surface area (Å²) in [6.07, 6.45) is 5.03. The van der Waals surface area contributed by atoms with Crippen LogP contribution in [-0.2, 0) is 12.1 Å². The van der Waals surface area contributed by atoms with E-state index in [0.29, 0.717) is 12.3 Å². The highest BCUT2D eigenvalue weighted by molar-refractivity contribution is 5.74. The minimum Gasteiger partial charge on any atom is -0.466 e. The molecule has 0 aliphatic heterocycles. The van der Waals surface area contributed by atoms with Gasteiger partial charge in [-0.2, -0.15) is 5.10 Å². The first-order valence-corrected chi connectivity index (χ1v) is 7.92. The molecule has 0 spiro atoms. The molecule has 0 aliphatic rings. The third kappa shape index (κ3) is 4.07. The zero-order valence-electron chi connectivity index (χ0n) is 13.8. The average Bonchev–Trinajstić information content (AvgIpc) is 3.32. The van der Waals surface area contributed by atoms with E-state index in [9.17, 15) is 9.90 Å². The molecule has 130 valence electrons. The van der Waals surface area contributed by atoms with Crippen molar-refractivity contribution < 1.29 is 14.3 Å². The van der Waals surface area contributed by atoms with Crippen molar-refractivity contribution in [3.63, 3.8) is 0 Å². The van der Waals surface area contributed by atoms with Crippen molar-refractivity contribution in [1.29, 1.82) is 0 Å². The van der Waals surface area contributed by atoms with E-state index in [1.54, 1.807) is 29.9 Å². The summed E-state index contributed by atoms with van der Waals surface area (Å²) < 4.78 is 6.93. The number of urea groups is 1. The largest absolute Gasteiger partial charge is 0.466 e. The van der Waals surface area contributed by atoms with Gasteiger partial charge in [-0.1, -0.05) is 18.2 Å². The smallest absolute Gasteiger partial charge is 0.315 e. The Morgan fingerprint density at radius 1 is 1.24 bits per heavy atom. The van der Waals surface area contributed by atoms with Gasteiger partial charge >= 0.3 is 6.03 Å². The van der Waals surface area contributed by atoms with Crippen molar-refractivity contribution in [3.05, 3.63) is 72.4 Å². The Morgan fingerprint density at radius 2 is 2.08 bits per heavy atom. The van der Waals surface area contributed by atoms with E-state index in [-0.39, 0.29) is 12.6 Å². The molecular weight excluding hydrogens is 320 g/mol. The number of aliphatic hydroxyl groups is 1. The predicted octanol–water partition coefficient (Wildman–Crippen LogP) is 2.17. The summed E-state index contributed by atoms with van der Waals surface area (Å²) >= 11 is 0. The van der Waals surface area contributed by atoms with Crippen LogP contribution in [0.1, 0.15) is 18.2 Å². The summed E-state index contributed by atoms with van der Waals surface area (Å²) in [5.74, 6) is 0.400. The molecule has 2 amide bonds. The zero-order valence-corrected chi connectivity index (χ0v) is 13.8. The summed E-state index contributed by atoms with van der Waals surface area (Å²) in [5, 5.41) is 20.0. The molecular formula is C18H20N4O3. The summed E-state index contributed by atoms with van der Waals surface area (Å²) in [6, 6.07) is 12.5. The van der Waals surface area contributed by atoms with E-state index in [4.69, 9.17) is 4.42 Å². The number of hydrogen-bond acceptors (Lipinski definition) is 4. The molecule has 2 heterocycles. The molecule has 0 aliphatic carbocycles. The standard InChI is InChI=1S/C18H20N4O3/c1-18(24,16-8-4-11-25-16)13-20-17(23)19-12-14-6-2-3-7-15(14)22-10-5-9-21-22/h2-11,24H,12-13H2,1H3,(H2,19,20,23). The van der Waals surface area contributed by atoms with E-state index in [2.05, 4.69) is 15.7 Å². The molecule has 0 saturated carbocycles. The van der Waals surface area contributed by atoms with Crippen molar-refractivity contribution in [3.8, 4) is 5.69 Å². The van der Waals surface area contributed by atoms with Gasteiger partial charge in [0.05, 0.1) is 18.5 Å². The summed E-state index contributed by atoms with van der Waals surface area (Å²) in [7, 11) is 0. The fourth-order valence-electron chi connectivity index (χ4n) is 2.46. The number of furan rings is 1. The third-order valence-electron chi connectivity index (χ3n) is 3.83. The second-order valence-electron chi connectivity index (χ2n) is 5.87. The van der Waals surface area contributed by atoms with Gasteiger partial charge in [-0.3, -0.25) is 0 Å². The molecule has 2 aromatic heterocycles. The maximum atomic E-state index is 12.0. The molecule has 0 bridgehead atoms. The van der Waals surface area contributed by atoms with Crippen LogP contribution in [0, 0.1) is 0 Å². The lowest BCUT2D eigenvalue weighted by Crippen LogP contribution is -2.43. The van der Waals surface area contributed by atoms with Crippen LogP contribution in [0.2, 0.25) is 0 Å². The molecule has 0 radical (unpaired) electrons. The van der Waals surface area contributed by atoms with Gasteiger partial charge in [-0.25, -0.2) is 9.48 Å². The van der Waals surface area contributed by atoms with Gasteiger partial charge in [0, 0.05) is 18.9 Å². The Kier molecular flexibility index (Phi) is 4.85. The molecule has 1 atom stereocenters. The Balaban J connectivity index is 1.57. The van der Waals surface area contributed by atoms with Crippen LogP contribution in [0.4, 0.5) is 4.79 Å². The second kappa shape index (κ2) is 7.23. The monoisotopic (exact) mass is 340 g/mol. The first kappa shape index (κ1) is 16.8. The zero-order chi connectivity index (χ0) is 17.7. The highest BCUT2D eigenvalue weighted by Crippen LogP contribution is 2.19. The SMILES string of the molecule is CC(O)(CNC(=O)NCc1ccccc1-n1cccn1)c1ccco1. The Labute approximate surface area is 145 Å². The number of rotatable bonds is 6. The van der Waals surface area contributed by atoms with Gasteiger partial charge in [0.1, 0.15) is 11.4 Å². The van der Waals surface area contributed by atoms with Crippen LogP contribution < -0.4 is 10.6 Å². The van der Waals surface area contributed by atoms with Crippen LogP contribution in [-0.4, -0.2) is 27.5 Å². The second-order valence-corrected chi connectivity index (χ2v) is 5.87. The lowest BCUT2D eigenvalue weighted by Gasteiger charge is -2.21. The molecule has 1 unspecified atom stereocenters. The fraction of sp³-hybridized carbons (Fsp3) is 0.222. The van der Waals surface area contributed by atoms with E-state index in [0.717, 1.165) is 11.3 Å². The lowest BCUT2D eigenvalue weighted by atomic mass is 10.0. The molecule has 0 fully saturated rings. The summed E-state index contributed by atoms with van der Waals surface area (Å²) in [5.41, 5.74) is 0.558. The van der Waals surface area contributed by atoms with Gasteiger partial charge in [0.2, 0.25) is 0 Å². The average molecular weight is 340 g/mol. The number of para-hydroxylation sites is 1. The number of carbonyl (C=O) groups is 1. The number of nitrogens with zero attached hydrogens (tertiary/aromatic N) is 2. The van der Waals surface area contributed by atoms with Crippen molar-refractivity contribution in [2.45, 2.75) is 19.1 Å². The number of amides is 2. The number of aromatic nitrogens is 2. The van der Waals surface area contributed by atoms with E-state index in [1.165, 1.54) is 6.26 Å². The van der Waals surface area contributed by atoms with E-state index < -0.39 is 5.60 Å². The quantitative estimate of drug-likeness (QED) is 0.641. The third-order valence-corrected chi connectivity index (χ3v) is 3.83. The highest BCUT2D eigenvalue weighted by atomic mass is 16.4. The lowest BCUT2D eigenvalue weighted by molar-refractivity contribution is 0.0367. The van der Waals surface area contributed by atoms with Crippen LogP contribution in [0.3, 0.4) is 0 Å². The van der Waals surface area contributed by atoms with Gasteiger partial charge in [0.25, 0.3) is 0 Å². The van der Waals surface area contributed by atoms with Crippen LogP contribution in [0.5, 0.6) is 0 Å². The molecule has 1 aromatic carbocycles. The van der Waals surface area contributed by atoms with Crippen molar-refractivity contribution in [2.24, 2.45) is 0 Å². The van der Waals surface area contributed by atoms with Crippen LogP contribution in [0.15, 0.2) is 65.5 Å². The van der Waals surface area contributed by atoms with Gasteiger partial charge in [-0.05, 0) is 36.8 Å². The molecule has 0 saturated heterocycles. The minimum atomic E-state index is -1.27. The van der Waals surface area contributed by atoms with Crippen molar-refractivity contribution in [2.75, 3.05) is 6.54 Å². The minimum absolute atomic E-state index is 0.0349. The number of carbonyl (C=O) groups excluding carboxylic acids is 1. The Morgan fingerprint density at radius 3 is 2.80 bits per heavy atom. The van der Waals surface area contributed by atoms with Gasteiger partial charge < -0.3 is 20.2 Å².